The third kappa shape index (κ3) is 3.25. The molecule has 0 saturated heterocycles. The summed E-state index contributed by atoms with van der Waals surface area (Å²) < 4.78 is 0. The number of pyridine rings is 1. The lowest BCUT2D eigenvalue weighted by molar-refractivity contribution is 0.561. The van der Waals surface area contributed by atoms with Crippen molar-refractivity contribution in [3.05, 3.63) is 34.5 Å². The van der Waals surface area contributed by atoms with E-state index in [2.05, 4.69) is 51.0 Å². The minimum atomic E-state index is 0.0577. The van der Waals surface area contributed by atoms with Gasteiger partial charge in [0.2, 0.25) is 0 Å². The van der Waals surface area contributed by atoms with Gasteiger partial charge in [0.1, 0.15) is 10.7 Å². The molecule has 0 spiro atoms. The molecule has 1 N–H and O–H groups in total. The Morgan fingerprint density at radius 3 is 2.65 bits per heavy atom. The van der Waals surface area contributed by atoms with Gasteiger partial charge in [-0.1, -0.05) is 33.8 Å². The molecule has 0 amide bonds. The van der Waals surface area contributed by atoms with Crippen LogP contribution >= 0.6 is 11.3 Å². The van der Waals surface area contributed by atoms with Gasteiger partial charge in [-0.15, -0.1) is 11.3 Å². The Bertz CT molecular complexity index is 582. The molecule has 0 bridgehead atoms. The minimum Gasteiger partial charge on any atom is -0.312 e. The molecule has 20 heavy (non-hydrogen) atoms. The second-order valence-corrected chi connectivity index (χ2v) is 7.07. The van der Waals surface area contributed by atoms with Crippen LogP contribution in [0.25, 0.3) is 10.7 Å². The summed E-state index contributed by atoms with van der Waals surface area (Å²) in [6, 6.07) is 4.06. The second-order valence-electron chi connectivity index (χ2n) is 5.99. The number of aryl methyl sites for hydroxylation is 1. The van der Waals surface area contributed by atoms with Gasteiger partial charge >= 0.3 is 0 Å². The normalized spacial score (nSPS) is 11.8. The SMILES string of the molecule is CCNCc1sc(-c2ncccc2C)nc1C(C)(C)C. The summed E-state index contributed by atoms with van der Waals surface area (Å²) in [5.74, 6) is 0. The summed E-state index contributed by atoms with van der Waals surface area (Å²) in [7, 11) is 0. The molecule has 0 aromatic carbocycles. The van der Waals surface area contributed by atoms with E-state index in [-0.39, 0.29) is 5.41 Å². The van der Waals surface area contributed by atoms with Gasteiger partial charge in [0.05, 0.1) is 5.69 Å². The molecule has 0 fully saturated rings. The Balaban J connectivity index is 2.46. The Morgan fingerprint density at radius 2 is 2.05 bits per heavy atom. The van der Waals surface area contributed by atoms with Crippen molar-refractivity contribution in [2.24, 2.45) is 0 Å². The lowest BCUT2D eigenvalue weighted by atomic mass is 9.91. The quantitative estimate of drug-likeness (QED) is 0.927. The highest BCUT2D eigenvalue weighted by Crippen LogP contribution is 2.34. The maximum atomic E-state index is 4.88. The summed E-state index contributed by atoms with van der Waals surface area (Å²) in [4.78, 5) is 10.7. The summed E-state index contributed by atoms with van der Waals surface area (Å²) in [6.45, 7) is 12.7. The molecule has 0 aliphatic rings. The lowest BCUT2D eigenvalue weighted by Crippen LogP contribution is -2.18. The van der Waals surface area contributed by atoms with Crippen molar-refractivity contribution in [3.63, 3.8) is 0 Å². The lowest BCUT2D eigenvalue weighted by Gasteiger charge is -2.17. The highest BCUT2D eigenvalue weighted by Gasteiger charge is 2.24. The fourth-order valence-corrected chi connectivity index (χ4v) is 3.41. The maximum absolute atomic E-state index is 4.88. The molecule has 2 heterocycles. The Kier molecular flexibility index (Phi) is 4.55. The zero-order chi connectivity index (χ0) is 14.8. The predicted molar refractivity (Wildman–Crippen MR) is 86.2 cm³/mol. The number of aromatic nitrogens is 2. The highest BCUT2D eigenvalue weighted by atomic mass is 32.1. The van der Waals surface area contributed by atoms with Crippen molar-refractivity contribution < 1.29 is 0 Å². The topological polar surface area (TPSA) is 37.8 Å². The molecular formula is C16H23N3S. The number of rotatable bonds is 4. The van der Waals surface area contributed by atoms with Gasteiger partial charge in [0.15, 0.2) is 0 Å². The molecule has 0 unspecified atom stereocenters. The van der Waals surface area contributed by atoms with Gasteiger partial charge in [0, 0.05) is 23.0 Å². The van der Waals surface area contributed by atoms with E-state index >= 15 is 0 Å². The van der Waals surface area contributed by atoms with E-state index in [1.807, 2.05) is 12.3 Å². The molecule has 0 saturated carbocycles. The summed E-state index contributed by atoms with van der Waals surface area (Å²) in [5, 5.41) is 4.44. The van der Waals surface area contributed by atoms with Crippen LogP contribution in [0.1, 0.15) is 43.8 Å². The molecule has 0 atom stereocenters. The van der Waals surface area contributed by atoms with Crippen molar-refractivity contribution in [2.75, 3.05) is 6.54 Å². The van der Waals surface area contributed by atoms with Gasteiger partial charge in [-0.2, -0.15) is 0 Å². The monoisotopic (exact) mass is 289 g/mol. The second kappa shape index (κ2) is 6.02. The molecule has 3 nitrogen and oxygen atoms in total. The van der Waals surface area contributed by atoms with Crippen molar-refractivity contribution in [1.29, 1.82) is 0 Å². The van der Waals surface area contributed by atoms with E-state index in [0.717, 1.165) is 23.8 Å². The van der Waals surface area contributed by atoms with Crippen LogP contribution in [0.2, 0.25) is 0 Å². The first-order valence-electron chi connectivity index (χ1n) is 7.06. The van der Waals surface area contributed by atoms with E-state index in [0.29, 0.717) is 0 Å². The molecule has 0 aliphatic carbocycles. The van der Waals surface area contributed by atoms with E-state index in [9.17, 15) is 0 Å². The number of nitrogens with zero attached hydrogens (tertiary/aromatic N) is 2. The third-order valence-corrected chi connectivity index (χ3v) is 4.22. The molecule has 0 aliphatic heterocycles. The van der Waals surface area contributed by atoms with Crippen molar-refractivity contribution in [1.82, 2.24) is 15.3 Å². The highest BCUT2D eigenvalue weighted by molar-refractivity contribution is 7.15. The van der Waals surface area contributed by atoms with Gasteiger partial charge in [-0.25, -0.2) is 4.98 Å². The summed E-state index contributed by atoms with van der Waals surface area (Å²) >= 11 is 1.76. The molecule has 108 valence electrons. The predicted octanol–water partition coefficient (Wildman–Crippen LogP) is 3.92. The third-order valence-electron chi connectivity index (χ3n) is 3.16. The average molecular weight is 289 g/mol. The molecule has 2 aromatic rings. The maximum Gasteiger partial charge on any atom is 0.142 e. The number of nitrogens with one attached hydrogen (secondary N) is 1. The number of hydrogen-bond acceptors (Lipinski definition) is 4. The zero-order valence-electron chi connectivity index (χ0n) is 12.9. The first kappa shape index (κ1) is 15.1. The van der Waals surface area contributed by atoms with Crippen molar-refractivity contribution >= 4 is 11.3 Å². The van der Waals surface area contributed by atoms with Crippen LogP contribution in [0, 0.1) is 6.92 Å². The smallest absolute Gasteiger partial charge is 0.142 e. The summed E-state index contributed by atoms with van der Waals surface area (Å²) in [5.41, 5.74) is 3.42. The minimum absolute atomic E-state index is 0.0577. The van der Waals surface area contributed by atoms with Gasteiger partial charge in [-0.05, 0) is 25.1 Å². The van der Waals surface area contributed by atoms with Gasteiger partial charge in [0.25, 0.3) is 0 Å². The molecule has 0 radical (unpaired) electrons. The first-order chi connectivity index (χ1) is 9.43. The van der Waals surface area contributed by atoms with Crippen LogP contribution in [0.15, 0.2) is 18.3 Å². The van der Waals surface area contributed by atoms with Crippen molar-refractivity contribution in [3.8, 4) is 10.7 Å². The molecule has 2 rings (SSSR count). The molecule has 4 heteroatoms. The van der Waals surface area contributed by atoms with Crippen LogP contribution in [-0.4, -0.2) is 16.5 Å². The number of hydrogen-bond donors (Lipinski definition) is 1. The van der Waals surface area contributed by atoms with E-state index in [4.69, 9.17) is 4.98 Å². The van der Waals surface area contributed by atoms with E-state index < -0.39 is 0 Å². The standard InChI is InChI=1S/C16H23N3S/c1-6-17-10-12-14(16(3,4)5)19-15(20-12)13-11(2)8-7-9-18-13/h7-9,17H,6,10H2,1-5H3. The Morgan fingerprint density at radius 1 is 1.30 bits per heavy atom. The van der Waals surface area contributed by atoms with E-state index in [1.165, 1.54) is 16.1 Å². The fourth-order valence-electron chi connectivity index (χ4n) is 2.11. The Labute approximate surface area is 125 Å². The molecule has 2 aromatic heterocycles. The average Bonchev–Trinajstić information content (AvgIpc) is 2.80. The van der Waals surface area contributed by atoms with Crippen LogP contribution in [0.3, 0.4) is 0 Å². The Hall–Kier alpha value is -1.26. The van der Waals surface area contributed by atoms with Crippen molar-refractivity contribution in [2.45, 2.75) is 46.6 Å². The first-order valence-corrected chi connectivity index (χ1v) is 7.88. The number of thiazole rings is 1. The van der Waals surface area contributed by atoms with Crippen LogP contribution in [0.4, 0.5) is 0 Å². The summed E-state index contributed by atoms with van der Waals surface area (Å²) in [6.07, 6.45) is 1.84. The van der Waals surface area contributed by atoms with Gasteiger partial charge < -0.3 is 5.32 Å². The van der Waals surface area contributed by atoms with E-state index in [1.54, 1.807) is 11.3 Å². The van der Waals surface area contributed by atoms with Crippen LogP contribution in [0.5, 0.6) is 0 Å². The zero-order valence-corrected chi connectivity index (χ0v) is 13.8. The molecular weight excluding hydrogens is 266 g/mol. The van der Waals surface area contributed by atoms with Crippen LogP contribution < -0.4 is 5.32 Å². The fraction of sp³-hybridized carbons (Fsp3) is 0.500. The van der Waals surface area contributed by atoms with Crippen LogP contribution in [-0.2, 0) is 12.0 Å². The van der Waals surface area contributed by atoms with Gasteiger partial charge in [-0.3, -0.25) is 4.98 Å². The largest absolute Gasteiger partial charge is 0.312 e.